The Morgan fingerprint density at radius 1 is 1.42 bits per heavy atom. The van der Waals surface area contributed by atoms with Gasteiger partial charge in [0.25, 0.3) is 0 Å². The van der Waals surface area contributed by atoms with Gasteiger partial charge in [0.15, 0.2) is 0 Å². The molecule has 2 amide bonds. The van der Waals surface area contributed by atoms with Gasteiger partial charge in [0, 0.05) is 29.2 Å². The molecule has 126 valence electrons. The second-order valence-corrected chi connectivity index (χ2v) is 6.84. The number of amides is 2. The van der Waals surface area contributed by atoms with Crippen LogP contribution >= 0.6 is 15.9 Å². The standard InChI is InChI=1S/C17H18BrN3O3/c1-10-5-14(3-4-15(10)18)21-9-12(7-16(21)22)17(23)19-8-13-6-11(2)24-20-13/h3-6,12H,7-9H2,1-2H3,(H,19,23). The Kier molecular flexibility index (Phi) is 4.71. The van der Waals surface area contributed by atoms with E-state index in [9.17, 15) is 9.59 Å². The molecule has 3 rings (SSSR count). The Morgan fingerprint density at radius 3 is 2.88 bits per heavy atom. The highest BCUT2D eigenvalue weighted by Gasteiger charge is 2.35. The largest absolute Gasteiger partial charge is 0.361 e. The van der Waals surface area contributed by atoms with Crippen LogP contribution in [0.2, 0.25) is 0 Å². The molecule has 0 bridgehead atoms. The van der Waals surface area contributed by atoms with E-state index >= 15 is 0 Å². The van der Waals surface area contributed by atoms with Crippen molar-refractivity contribution in [2.45, 2.75) is 26.8 Å². The van der Waals surface area contributed by atoms with Crippen LogP contribution in [-0.2, 0) is 16.1 Å². The first-order valence-corrected chi connectivity index (χ1v) is 8.50. The molecule has 1 aliphatic heterocycles. The van der Waals surface area contributed by atoms with E-state index in [-0.39, 0.29) is 24.2 Å². The molecule has 1 aromatic carbocycles. The highest BCUT2D eigenvalue weighted by molar-refractivity contribution is 9.10. The maximum atomic E-state index is 12.3. The van der Waals surface area contributed by atoms with Crippen LogP contribution in [0.15, 0.2) is 33.3 Å². The minimum absolute atomic E-state index is 0.0332. The summed E-state index contributed by atoms with van der Waals surface area (Å²) in [5.74, 6) is 0.177. The fraction of sp³-hybridized carbons (Fsp3) is 0.353. The minimum Gasteiger partial charge on any atom is -0.361 e. The second-order valence-electron chi connectivity index (χ2n) is 5.99. The van der Waals surface area contributed by atoms with Gasteiger partial charge in [-0.2, -0.15) is 0 Å². The summed E-state index contributed by atoms with van der Waals surface area (Å²) in [7, 11) is 0. The molecule has 0 saturated carbocycles. The van der Waals surface area contributed by atoms with Crippen LogP contribution in [0.1, 0.15) is 23.4 Å². The van der Waals surface area contributed by atoms with E-state index in [1.165, 1.54) is 0 Å². The number of anilines is 1. The van der Waals surface area contributed by atoms with Gasteiger partial charge in [-0.3, -0.25) is 9.59 Å². The lowest BCUT2D eigenvalue weighted by molar-refractivity contribution is -0.126. The van der Waals surface area contributed by atoms with Gasteiger partial charge < -0.3 is 14.7 Å². The van der Waals surface area contributed by atoms with Crippen LogP contribution in [0.5, 0.6) is 0 Å². The minimum atomic E-state index is -0.352. The number of aryl methyl sites for hydroxylation is 2. The number of carbonyl (C=O) groups excluding carboxylic acids is 2. The van der Waals surface area contributed by atoms with Gasteiger partial charge in [-0.15, -0.1) is 0 Å². The Morgan fingerprint density at radius 2 is 2.21 bits per heavy atom. The third kappa shape index (κ3) is 3.51. The molecule has 1 N–H and O–H groups in total. The summed E-state index contributed by atoms with van der Waals surface area (Å²) in [5.41, 5.74) is 2.54. The molecule has 1 saturated heterocycles. The van der Waals surface area contributed by atoms with Crippen molar-refractivity contribution in [3.05, 3.63) is 45.8 Å². The van der Waals surface area contributed by atoms with Gasteiger partial charge in [0.1, 0.15) is 11.5 Å². The maximum Gasteiger partial charge on any atom is 0.227 e. The molecule has 6 nitrogen and oxygen atoms in total. The van der Waals surface area contributed by atoms with Crippen molar-refractivity contribution in [1.82, 2.24) is 10.5 Å². The summed E-state index contributed by atoms with van der Waals surface area (Å²) in [6.45, 7) is 4.46. The molecule has 24 heavy (non-hydrogen) atoms. The third-order valence-corrected chi connectivity index (χ3v) is 4.96. The van der Waals surface area contributed by atoms with E-state index in [4.69, 9.17) is 4.52 Å². The van der Waals surface area contributed by atoms with Crippen molar-refractivity contribution in [1.29, 1.82) is 0 Å². The van der Waals surface area contributed by atoms with Gasteiger partial charge >= 0.3 is 0 Å². The second kappa shape index (κ2) is 6.76. The van der Waals surface area contributed by atoms with E-state index in [0.717, 1.165) is 15.7 Å². The average Bonchev–Trinajstić information content (AvgIpc) is 3.14. The summed E-state index contributed by atoms with van der Waals surface area (Å²) in [6, 6.07) is 7.52. The van der Waals surface area contributed by atoms with Crippen molar-refractivity contribution in [2.24, 2.45) is 5.92 Å². The summed E-state index contributed by atoms with van der Waals surface area (Å²) in [4.78, 5) is 26.3. The maximum absolute atomic E-state index is 12.3. The molecule has 1 unspecified atom stereocenters. The first kappa shape index (κ1) is 16.7. The van der Waals surface area contributed by atoms with Gasteiger partial charge in [-0.1, -0.05) is 21.1 Å². The van der Waals surface area contributed by atoms with E-state index in [1.807, 2.05) is 25.1 Å². The number of benzene rings is 1. The molecule has 1 aromatic heterocycles. The molecule has 1 fully saturated rings. The fourth-order valence-electron chi connectivity index (χ4n) is 2.75. The monoisotopic (exact) mass is 391 g/mol. The molecule has 0 radical (unpaired) electrons. The van der Waals surface area contributed by atoms with Crippen LogP contribution in [-0.4, -0.2) is 23.5 Å². The summed E-state index contributed by atoms with van der Waals surface area (Å²) >= 11 is 3.45. The molecule has 1 aliphatic rings. The van der Waals surface area contributed by atoms with E-state index < -0.39 is 0 Å². The van der Waals surface area contributed by atoms with Crippen LogP contribution < -0.4 is 10.2 Å². The van der Waals surface area contributed by atoms with Crippen LogP contribution in [0.3, 0.4) is 0 Å². The Balaban J connectivity index is 1.63. The Hall–Kier alpha value is -2.15. The lowest BCUT2D eigenvalue weighted by Gasteiger charge is -2.17. The number of halogens is 1. The Bertz CT molecular complexity index is 787. The van der Waals surface area contributed by atoms with Crippen molar-refractivity contribution in [3.63, 3.8) is 0 Å². The van der Waals surface area contributed by atoms with Gasteiger partial charge in [0.2, 0.25) is 11.8 Å². The van der Waals surface area contributed by atoms with E-state index in [1.54, 1.807) is 17.9 Å². The average molecular weight is 392 g/mol. The molecule has 7 heteroatoms. The quantitative estimate of drug-likeness (QED) is 0.868. The first-order chi connectivity index (χ1) is 11.4. The molecule has 0 spiro atoms. The lowest BCUT2D eigenvalue weighted by atomic mass is 10.1. The third-order valence-electron chi connectivity index (χ3n) is 4.07. The molecule has 0 aliphatic carbocycles. The van der Waals surface area contributed by atoms with E-state index in [0.29, 0.717) is 24.5 Å². The van der Waals surface area contributed by atoms with Gasteiger partial charge in [0.05, 0.1) is 12.5 Å². The van der Waals surface area contributed by atoms with Crippen LogP contribution in [0, 0.1) is 19.8 Å². The van der Waals surface area contributed by atoms with Crippen molar-refractivity contribution in [2.75, 3.05) is 11.4 Å². The number of nitrogens with zero attached hydrogens (tertiary/aromatic N) is 2. The fourth-order valence-corrected chi connectivity index (χ4v) is 3.00. The predicted molar refractivity (Wildman–Crippen MR) is 92.4 cm³/mol. The normalized spacial score (nSPS) is 17.4. The van der Waals surface area contributed by atoms with Crippen molar-refractivity contribution in [3.8, 4) is 0 Å². The van der Waals surface area contributed by atoms with Crippen LogP contribution in [0.4, 0.5) is 5.69 Å². The van der Waals surface area contributed by atoms with E-state index in [2.05, 4.69) is 26.4 Å². The van der Waals surface area contributed by atoms with Gasteiger partial charge in [-0.05, 0) is 37.6 Å². The zero-order valence-electron chi connectivity index (χ0n) is 13.5. The number of nitrogens with one attached hydrogen (secondary N) is 1. The van der Waals surface area contributed by atoms with Crippen molar-refractivity contribution < 1.29 is 14.1 Å². The lowest BCUT2D eigenvalue weighted by Crippen LogP contribution is -2.32. The topological polar surface area (TPSA) is 75.4 Å². The van der Waals surface area contributed by atoms with Crippen LogP contribution in [0.25, 0.3) is 0 Å². The highest BCUT2D eigenvalue weighted by atomic mass is 79.9. The summed E-state index contributed by atoms with van der Waals surface area (Å²) in [6.07, 6.45) is 0.221. The summed E-state index contributed by atoms with van der Waals surface area (Å²) in [5, 5.41) is 6.66. The molecular formula is C17H18BrN3O3. The molecule has 2 aromatic rings. The molecular weight excluding hydrogens is 374 g/mol. The zero-order chi connectivity index (χ0) is 17.3. The zero-order valence-corrected chi connectivity index (χ0v) is 15.1. The predicted octanol–water partition coefficient (Wildman–Crippen LogP) is 2.72. The number of hydrogen-bond acceptors (Lipinski definition) is 4. The Labute approximate surface area is 148 Å². The first-order valence-electron chi connectivity index (χ1n) is 7.70. The van der Waals surface area contributed by atoms with Gasteiger partial charge in [-0.25, -0.2) is 0 Å². The summed E-state index contributed by atoms with van der Waals surface area (Å²) < 4.78 is 5.96. The molecule has 2 heterocycles. The highest BCUT2D eigenvalue weighted by Crippen LogP contribution is 2.28. The number of aromatic nitrogens is 1. The SMILES string of the molecule is Cc1cc(CNC(=O)C2CC(=O)N(c3ccc(Br)c(C)c3)C2)no1. The number of hydrogen-bond donors (Lipinski definition) is 1. The van der Waals surface area contributed by atoms with Crippen molar-refractivity contribution >= 4 is 33.4 Å². The number of carbonyl (C=O) groups is 2. The number of rotatable bonds is 4. The smallest absolute Gasteiger partial charge is 0.227 e. The molecule has 1 atom stereocenters.